The molecular formula is C17H26N2O2S. The molecule has 1 saturated heterocycles. The summed E-state index contributed by atoms with van der Waals surface area (Å²) in [7, 11) is 0. The van der Waals surface area contributed by atoms with E-state index in [-0.39, 0.29) is 11.5 Å². The van der Waals surface area contributed by atoms with Gasteiger partial charge >= 0.3 is 0 Å². The fourth-order valence-electron chi connectivity index (χ4n) is 2.99. The van der Waals surface area contributed by atoms with Crippen LogP contribution in [-0.2, 0) is 4.74 Å². The molecule has 0 bridgehead atoms. The number of thiophene rings is 1. The molecule has 1 aliphatic heterocycles. The quantitative estimate of drug-likeness (QED) is 0.837. The van der Waals surface area contributed by atoms with Crippen LogP contribution >= 0.6 is 11.3 Å². The zero-order chi connectivity index (χ0) is 16.0. The molecule has 0 spiro atoms. The summed E-state index contributed by atoms with van der Waals surface area (Å²) >= 11 is 1.60. The van der Waals surface area contributed by atoms with Gasteiger partial charge in [-0.05, 0) is 29.7 Å². The van der Waals surface area contributed by atoms with Crippen LogP contribution < -0.4 is 0 Å². The Bertz CT molecular complexity index is 481. The van der Waals surface area contributed by atoms with Crippen molar-refractivity contribution >= 4 is 11.3 Å². The SMILES string of the molecule is CC(C)(CCC#N)CN1CCOCC1CC(O)c1cccs1. The molecule has 122 valence electrons. The van der Waals surface area contributed by atoms with E-state index in [1.54, 1.807) is 11.3 Å². The highest BCUT2D eigenvalue weighted by Gasteiger charge is 2.30. The van der Waals surface area contributed by atoms with Crippen molar-refractivity contribution in [3.05, 3.63) is 22.4 Å². The molecule has 0 aromatic carbocycles. The molecule has 1 fully saturated rings. The zero-order valence-electron chi connectivity index (χ0n) is 13.5. The topological polar surface area (TPSA) is 56.5 Å². The summed E-state index contributed by atoms with van der Waals surface area (Å²) in [5.41, 5.74) is 0.110. The van der Waals surface area contributed by atoms with Crippen molar-refractivity contribution in [1.29, 1.82) is 5.26 Å². The van der Waals surface area contributed by atoms with Crippen LogP contribution in [0, 0.1) is 16.7 Å². The van der Waals surface area contributed by atoms with Gasteiger partial charge in [0.2, 0.25) is 0 Å². The monoisotopic (exact) mass is 322 g/mol. The third-order valence-corrected chi connectivity index (χ3v) is 5.23. The van der Waals surface area contributed by atoms with Gasteiger partial charge in [0, 0.05) is 30.4 Å². The highest BCUT2D eigenvalue weighted by Crippen LogP contribution is 2.29. The Balaban J connectivity index is 1.94. The second kappa shape index (κ2) is 8.07. The molecule has 0 radical (unpaired) electrons. The number of hydrogen-bond donors (Lipinski definition) is 1. The average molecular weight is 322 g/mol. The van der Waals surface area contributed by atoms with E-state index < -0.39 is 6.10 Å². The highest BCUT2D eigenvalue weighted by atomic mass is 32.1. The lowest BCUT2D eigenvalue weighted by Crippen LogP contribution is -2.49. The molecule has 1 aromatic rings. The lowest BCUT2D eigenvalue weighted by molar-refractivity contribution is -0.0398. The van der Waals surface area contributed by atoms with Gasteiger partial charge in [-0.1, -0.05) is 19.9 Å². The molecule has 1 aliphatic rings. The van der Waals surface area contributed by atoms with Crippen molar-refractivity contribution in [2.45, 2.75) is 45.3 Å². The molecule has 2 unspecified atom stereocenters. The number of aliphatic hydroxyl groups is 1. The fourth-order valence-corrected chi connectivity index (χ4v) is 3.72. The molecule has 1 aromatic heterocycles. The molecular weight excluding hydrogens is 296 g/mol. The van der Waals surface area contributed by atoms with Gasteiger partial charge in [-0.2, -0.15) is 5.26 Å². The summed E-state index contributed by atoms with van der Waals surface area (Å²) in [6.07, 6.45) is 1.78. The van der Waals surface area contributed by atoms with Gasteiger partial charge in [-0.3, -0.25) is 4.90 Å². The van der Waals surface area contributed by atoms with E-state index in [1.807, 2.05) is 17.5 Å². The summed E-state index contributed by atoms with van der Waals surface area (Å²) in [6.45, 7) is 7.70. The molecule has 5 heteroatoms. The number of morpholine rings is 1. The third kappa shape index (κ3) is 5.06. The summed E-state index contributed by atoms with van der Waals surface area (Å²) in [6, 6.07) is 6.45. The maximum Gasteiger partial charge on any atom is 0.0897 e. The Morgan fingerprint density at radius 1 is 1.59 bits per heavy atom. The van der Waals surface area contributed by atoms with Crippen LogP contribution in [0.2, 0.25) is 0 Å². The minimum Gasteiger partial charge on any atom is -0.388 e. The Hall–Kier alpha value is -0.930. The first kappa shape index (κ1) is 17.4. The van der Waals surface area contributed by atoms with Gasteiger partial charge in [0.1, 0.15) is 0 Å². The van der Waals surface area contributed by atoms with E-state index in [1.165, 1.54) is 0 Å². The number of hydrogen-bond acceptors (Lipinski definition) is 5. The average Bonchev–Trinajstić information content (AvgIpc) is 3.01. The summed E-state index contributed by atoms with van der Waals surface area (Å²) < 4.78 is 5.62. The van der Waals surface area contributed by atoms with Crippen molar-refractivity contribution in [1.82, 2.24) is 4.90 Å². The van der Waals surface area contributed by atoms with Gasteiger partial charge in [0.25, 0.3) is 0 Å². The molecule has 4 nitrogen and oxygen atoms in total. The maximum atomic E-state index is 10.4. The molecule has 2 atom stereocenters. The summed E-state index contributed by atoms with van der Waals surface area (Å²) in [5, 5.41) is 21.2. The van der Waals surface area contributed by atoms with Gasteiger partial charge in [0.15, 0.2) is 0 Å². The molecule has 1 N–H and O–H groups in total. The van der Waals surface area contributed by atoms with Crippen LogP contribution in [0.4, 0.5) is 0 Å². The van der Waals surface area contributed by atoms with Crippen LogP contribution in [0.1, 0.15) is 44.1 Å². The number of rotatable bonds is 7. The van der Waals surface area contributed by atoms with Crippen molar-refractivity contribution in [2.75, 3.05) is 26.3 Å². The van der Waals surface area contributed by atoms with Gasteiger partial charge in [0.05, 0.1) is 25.4 Å². The zero-order valence-corrected chi connectivity index (χ0v) is 14.3. The lowest BCUT2D eigenvalue weighted by atomic mass is 9.86. The van der Waals surface area contributed by atoms with E-state index in [0.717, 1.165) is 31.0 Å². The normalized spacial score (nSPS) is 21.5. The number of nitriles is 1. The first-order valence-corrected chi connectivity index (χ1v) is 8.80. The molecule has 0 aliphatic carbocycles. The Kier molecular flexibility index (Phi) is 6.39. The summed E-state index contributed by atoms with van der Waals surface area (Å²) in [4.78, 5) is 3.45. The minimum absolute atomic E-state index is 0.110. The molecule has 2 rings (SSSR count). The first-order valence-electron chi connectivity index (χ1n) is 7.92. The van der Waals surface area contributed by atoms with Crippen LogP contribution in [-0.4, -0.2) is 42.4 Å². The predicted molar refractivity (Wildman–Crippen MR) is 88.7 cm³/mol. The van der Waals surface area contributed by atoms with E-state index in [0.29, 0.717) is 19.4 Å². The van der Waals surface area contributed by atoms with Crippen molar-refractivity contribution in [3.63, 3.8) is 0 Å². The molecule has 0 saturated carbocycles. The maximum absolute atomic E-state index is 10.4. The minimum atomic E-state index is -0.420. The highest BCUT2D eigenvalue weighted by molar-refractivity contribution is 7.10. The number of nitrogens with zero attached hydrogens (tertiary/aromatic N) is 2. The fraction of sp³-hybridized carbons (Fsp3) is 0.706. The van der Waals surface area contributed by atoms with E-state index >= 15 is 0 Å². The van der Waals surface area contributed by atoms with E-state index in [2.05, 4.69) is 24.8 Å². The van der Waals surface area contributed by atoms with Crippen molar-refractivity contribution < 1.29 is 9.84 Å². The first-order chi connectivity index (χ1) is 10.5. The third-order valence-electron chi connectivity index (χ3n) is 4.26. The van der Waals surface area contributed by atoms with E-state index in [9.17, 15) is 5.11 Å². The lowest BCUT2D eigenvalue weighted by Gasteiger charge is -2.41. The number of ether oxygens (including phenoxy) is 1. The molecule has 2 heterocycles. The van der Waals surface area contributed by atoms with Gasteiger partial charge < -0.3 is 9.84 Å². The predicted octanol–water partition coefficient (Wildman–Crippen LogP) is 3.20. The van der Waals surface area contributed by atoms with Gasteiger partial charge in [-0.15, -0.1) is 11.3 Å². The van der Waals surface area contributed by atoms with E-state index in [4.69, 9.17) is 10.00 Å². The second-order valence-corrected chi connectivity index (χ2v) is 7.77. The second-order valence-electron chi connectivity index (χ2n) is 6.79. The van der Waals surface area contributed by atoms with Gasteiger partial charge in [-0.25, -0.2) is 0 Å². The largest absolute Gasteiger partial charge is 0.388 e. The van der Waals surface area contributed by atoms with Crippen LogP contribution in [0.25, 0.3) is 0 Å². The Morgan fingerprint density at radius 2 is 2.41 bits per heavy atom. The molecule has 22 heavy (non-hydrogen) atoms. The van der Waals surface area contributed by atoms with Crippen molar-refractivity contribution in [2.24, 2.45) is 5.41 Å². The summed E-state index contributed by atoms with van der Waals surface area (Å²) in [5.74, 6) is 0. The standard InChI is InChI=1S/C17H26N2O2S/c1-17(2,6-4-7-18)13-19-8-9-21-12-14(19)11-15(20)16-5-3-10-22-16/h3,5,10,14-15,20H,4,6,8-9,11-13H2,1-2H3. The smallest absolute Gasteiger partial charge is 0.0897 e. The van der Waals surface area contributed by atoms with Crippen molar-refractivity contribution in [3.8, 4) is 6.07 Å². The molecule has 0 amide bonds. The Morgan fingerprint density at radius 3 is 3.09 bits per heavy atom. The Labute approximate surface area is 137 Å². The van der Waals surface area contributed by atoms with Crippen LogP contribution in [0.5, 0.6) is 0 Å². The van der Waals surface area contributed by atoms with Crippen LogP contribution in [0.3, 0.4) is 0 Å². The van der Waals surface area contributed by atoms with Crippen LogP contribution in [0.15, 0.2) is 17.5 Å². The number of aliphatic hydroxyl groups excluding tert-OH is 1.